The third-order valence-corrected chi connectivity index (χ3v) is 8.02. The predicted octanol–water partition coefficient (Wildman–Crippen LogP) is 7.61. The number of nitrogens with one attached hydrogen (secondary N) is 3. The molecule has 1 atom stereocenters. The lowest BCUT2D eigenvalue weighted by molar-refractivity contribution is 0.110. The number of aryl methyl sites for hydroxylation is 1. The molecule has 0 saturated carbocycles. The van der Waals surface area contributed by atoms with Crippen molar-refractivity contribution < 1.29 is 9.53 Å². The molecule has 1 fully saturated rings. The molecule has 6 rings (SSSR count). The minimum Gasteiger partial charge on any atom is -0.377 e. The van der Waals surface area contributed by atoms with Crippen LogP contribution in [0.1, 0.15) is 50.6 Å². The SMILES string of the molecule is Cc1ccc(-n2nc(C(C)(C)C)cc2NC(=O)Nc2ccc(-c3ccc(CNCC4CCCO4)cc3)c3ccccc23)cn1. The summed E-state index contributed by atoms with van der Waals surface area (Å²) in [5.41, 5.74) is 6.58. The number of amides is 2. The van der Waals surface area contributed by atoms with Crippen molar-refractivity contribution in [1.29, 1.82) is 0 Å². The number of hydrogen-bond acceptors (Lipinski definition) is 5. The standard InChI is InChI=1S/C36H40N6O2/c1-24-11-16-27(22-38-24)42-34(20-33(41-42)36(2,3)4)40-35(43)39-32-18-17-29(30-9-5-6-10-31(30)32)26-14-12-25(13-15-26)21-37-23-28-8-7-19-44-28/h5-6,9-18,20,22,28,37H,7-8,19,21,23H2,1-4H3,(H2,39,40,43). The second-order valence-electron chi connectivity index (χ2n) is 12.5. The second-order valence-corrected chi connectivity index (χ2v) is 12.5. The molecular formula is C36H40N6O2. The molecule has 8 nitrogen and oxygen atoms in total. The van der Waals surface area contributed by atoms with Crippen LogP contribution in [0.15, 0.2) is 85.1 Å². The van der Waals surface area contributed by atoms with Gasteiger partial charge in [0.2, 0.25) is 0 Å². The Bertz CT molecular complexity index is 1750. The molecule has 1 aliphatic rings. The van der Waals surface area contributed by atoms with Gasteiger partial charge in [-0.15, -0.1) is 0 Å². The number of hydrogen-bond donors (Lipinski definition) is 3. The Labute approximate surface area is 258 Å². The quantitative estimate of drug-likeness (QED) is 0.174. The smallest absolute Gasteiger partial charge is 0.324 e. The lowest BCUT2D eigenvalue weighted by Gasteiger charge is -2.14. The van der Waals surface area contributed by atoms with Gasteiger partial charge in [0.05, 0.1) is 29.4 Å². The zero-order chi connectivity index (χ0) is 30.7. The van der Waals surface area contributed by atoms with E-state index in [1.807, 2.05) is 49.4 Å². The van der Waals surface area contributed by atoms with Crippen molar-refractivity contribution in [3.05, 3.63) is 102 Å². The van der Waals surface area contributed by atoms with E-state index in [1.165, 1.54) is 5.56 Å². The van der Waals surface area contributed by atoms with Crippen LogP contribution in [0.3, 0.4) is 0 Å². The molecule has 0 bridgehead atoms. The highest BCUT2D eigenvalue weighted by Gasteiger charge is 2.22. The van der Waals surface area contributed by atoms with Gasteiger partial charge in [0.1, 0.15) is 5.82 Å². The molecule has 3 aromatic carbocycles. The lowest BCUT2D eigenvalue weighted by atomic mass is 9.92. The zero-order valence-electron chi connectivity index (χ0n) is 25.9. The maximum Gasteiger partial charge on any atom is 0.324 e. The highest BCUT2D eigenvalue weighted by molar-refractivity contribution is 6.09. The minimum atomic E-state index is -0.343. The Hall–Kier alpha value is -4.53. The Morgan fingerprint density at radius 2 is 1.77 bits per heavy atom. The van der Waals surface area contributed by atoms with Gasteiger partial charge in [0.25, 0.3) is 0 Å². The van der Waals surface area contributed by atoms with Crippen LogP contribution in [0, 0.1) is 6.92 Å². The van der Waals surface area contributed by atoms with E-state index in [-0.39, 0.29) is 11.4 Å². The van der Waals surface area contributed by atoms with E-state index < -0.39 is 0 Å². The third kappa shape index (κ3) is 6.67. The van der Waals surface area contributed by atoms with Crippen molar-refractivity contribution >= 4 is 28.3 Å². The normalized spacial score (nSPS) is 15.0. The largest absolute Gasteiger partial charge is 0.377 e. The number of ether oxygens (including phenoxy) is 1. The van der Waals surface area contributed by atoms with Gasteiger partial charge in [-0.3, -0.25) is 10.3 Å². The van der Waals surface area contributed by atoms with Crippen LogP contribution in [0.25, 0.3) is 27.6 Å². The van der Waals surface area contributed by atoms with Crippen LogP contribution in [0.2, 0.25) is 0 Å². The first-order chi connectivity index (χ1) is 21.2. The minimum absolute atomic E-state index is 0.193. The van der Waals surface area contributed by atoms with Crippen molar-refractivity contribution in [3.63, 3.8) is 0 Å². The molecule has 2 amide bonds. The number of benzene rings is 3. The molecule has 0 aliphatic carbocycles. The van der Waals surface area contributed by atoms with Gasteiger partial charge in [-0.1, -0.05) is 75.4 Å². The molecule has 226 valence electrons. The fourth-order valence-corrected chi connectivity index (χ4v) is 5.53. The number of aromatic nitrogens is 3. The first-order valence-electron chi connectivity index (χ1n) is 15.3. The highest BCUT2D eigenvalue weighted by Crippen LogP contribution is 2.34. The summed E-state index contributed by atoms with van der Waals surface area (Å²) >= 11 is 0. The van der Waals surface area contributed by atoms with Gasteiger partial charge >= 0.3 is 6.03 Å². The Kier molecular flexibility index (Phi) is 8.46. The fraction of sp³-hybridized carbons (Fsp3) is 0.306. The average Bonchev–Trinajstić information content (AvgIpc) is 3.69. The molecule has 3 heterocycles. The summed E-state index contributed by atoms with van der Waals surface area (Å²) in [5, 5.41) is 16.5. The monoisotopic (exact) mass is 588 g/mol. The fourth-order valence-electron chi connectivity index (χ4n) is 5.53. The van der Waals surface area contributed by atoms with Crippen molar-refractivity contribution in [2.45, 2.75) is 58.6 Å². The maximum absolute atomic E-state index is 13.4. The van der Waals surface area contributed by atoms with Crippen molar-refractivity contribution in [2.75, 3.05) is 23.8 Å². The summed E-state index contributed by atoms with van der Waals surface area (Å²) in [7, 11) is 0. The molecule has 5 aromatic rings. The lowest BCUT2D eigenvalue weighted by Crippen LogP contribution is -2.25. The van der Waals surface area contributed by atoms with Crippen LogP contribution >= 0.6 is 0 Å². The average molecular weight is 589 g/mol. The summed E-state index contributed by atoms with van der Waals surface area (Å²) < 4.78 is 7.44. The van der Waals surface area contributed by atoms with Crippen LogP contribution in [-0.4, -0.2) is 40.1 Å². The Morgan fingerprint density at radius 1 is 0.977 bits per heavy atom. The summed E-state index contributed by atoms with van der Waals surface area (Å²) in [6.45, 7) is 10.8. The second kappa shape index (κ2) is 12.6. The molecule has 2 aromatic heterocycles. The highest BCUT2D eigenvalue weighted by atomic mass is 16.5. The Morgan fingerprint density at radius 3 is 2.48 bits per heavy atom. The van der Waals surface area contributed by atoms with E-state index >= 15 is 0 Å². The molecule has 1 aliphatic heterocycles. The van der Waals surface area contributed by atoms with Gasteiger partial charge in [-0.25, -0.2) is 9.48 Å². The van der Waals surface area contributed by atoms with E-state index in [4.69, 9.17) is 9.84 Å². The molecule has 3 N–H and O–H groups in total. The number of pyridine rings is 1. The van der Waals surface area contributed by atoms with Crippen molar-refractivity contribution in [1.82, 2.24) is 20.1 Å². The van der Waals surface area contributed by atoms with E-state index in [1.54, 1.807) is 10.9 Å². The maximum atomic E-state index is 13.4. The van der Waals surface area contributed by atoms with Crippen molar-refractivity contribution in [3.8, 4) is 16.8 Å². The van der Waals surface area contributed by atoms with E-state index in [0.29, 0.717) is 11.9 Å². The first kappa shape index (κ1) is 29.5. The zero-order valence-corrected chi connectivity index (χ0v) is 25.9. The molecular weight excluding hydrogens is 548 g/mol. The van der Waals surface area contributed by atoms with Crippen LogP contribution in [0.4, 0.5) is 16.3 Å². The van der Waals surface area contributed by atoms with Crippen LogP contribution in [0.5, 0.6) is 0 Å². The number of carbonyl (C=O) groups excluding carboxylic acids is 1. The van der Waals surface area contributed by atoms with Crippen molar-refractivity contribution in [2.24, 2.45) is 0 Å². The number of anilines is 2. The molecule has 8 heteroatoms. The summed E-state index contributed by atoms with van der Waals surface area (Å²) in [5.74, 6) is 0.573. The van der Waals surface area contributed by atoms with E-state index in [2.05, 4.69) is 78.1 Å². The van der Waals surface area contributed by atoms with Gasteiger partial charge < -0.3 is 15.4 Å². The van der Waals surface area contributed by atoms with Gasteiger partial charge in [0, 0.05) is 42.3 Å². The summed E-state index contributed by atoms with van der Waals surface area (Å²) in [6.07, 6.45) is 4.39. The third-order valence-electron chi connectivity index (χ3n) is 8.02. The Balaban J connectivity index is 1.20. The molecule has 44 heavy (non-hydrogen) atoms. The summed E-state index contributed by atoms with van der Waals surface area (Å²) in [4.78, 5) is 17.8. The van der Waals surface area contributed by atoms with E-state index in [9.17, 15) is 4.79 Å². The first-order valence-corrected chi connectivity index (χ1v) is 15.3. The number of urea groups is 1. The number of carbonyl (C=O) groups is 1. The van der Waals surface area contributed by atoms with Crippen LogP contribution in [-0.2, 0) is 16.7 Å². The molecule has 1 unspecified atom stereocenters. The molecule has 1 saturated heterocycles. The van der Waals surface area contributed by atoms with Gasteiger partial charge in [-0.2, -0.15) is 5.10 Å². The van der Waals surface area contributed by atoms with Crippen LogP contribution < -0.4 is 16.0 Å². The number of rotatable bonds is 8. The summed E-state index contributed by atoms with van der Waals surface area (Å²) in [6, 6.07) is 26.3. The van der Waals surface area contributed by atoms with Gasteiger partial charge in [0.15, 0.2) is 0 Å². The van der Waals surface area contributed by atoms with Gasteiger partial charge in [-0.05, 0) is 60.0 Å². The molecule has 0 spiro atoms. The molecule has 0 radical (unpaired) electrons. The number of fused-ring (bicyclic) bond motifs is 1. The predicted molar refractivity (Wildman–Crippen MR) is 178 cm³/mol. The number of nitrogens with zero attached hydrogens (tertiary/aromatic N) is 3. The topological polar surface area (TPSA) is 93.1 Å². The van der Waals surface area contributed by atoms with E-state index in [0.717, 1.165) is 77.2 Å².